The summed E-state index contributed by atoms with van der Waals surface area (Å²) in [6.07, 6.45) is 1.11. The Morgan fingerprint density at radius 2 is 2.21 bits per heavy atom. The molecule has 0 aliphatic heterocycles. The number of esters is 1. The van der Waals surface area contributed by atoms with E-state index in [4.69, 9.17) is 9.47 Å². The topological polar surface area (TPSA) is 47.6 Å². The molecule has 0 amide bonds. The van der Waals surface area contributed by atoms with E-state index in [1.807, 2.05) is 0 Å². The van der Waals surface area contributed by atoms with Crippen LogP contribution in [0.4, 0.5) is 4.39 Å². The van der Waals surface area contributed by atoms with Gasteiger partial charge in [0.25, 0.3) is 0 Å². The SMILES string of the molecule is CCOC(=O)CCCNCc1ccc(OC)c(F)c1. The zero-order valence-corrected chi connectivity index (χ0v) is 11.4. The number of halogens is 1. The number of carbonyl (C=O) groups excluding carboxylic acids is 1. The number of ether oxygens (including phenoxy) is 2. The number of benzene rings is 1. The van der Waals surface area contributed by atoms with Crippen molar-refractivity contribution in [2.75, 3.05) is 20.3 Å². The van der Waals surface area contributed by atoms with Crippen LogP contribution in [0.1, 0.15) is 25.3 Å². The van der Waals surface area contributed by atoms with Crippen molar-refractivity contribution in [3.05, 3.63) is 29.6 Å². The first-order chi connectivity index (χ1) is 9.17. The molecule has 0 aliphatic carbocycles. The van der Waals surface area contributed by atoms with Crippen molar-refractivity contribution in [1.82, 2.24) is 5.32 Å². The van der Waals surface area contributed by atoms with Crippen LogP contribution in [-0.4, -0.2) is 26.2 Å². The number of rotatable bonds is 8. The second kappa shape index (κ2) is 8.48. The molecule has 0 spiro atoms. The molecule has 0 aliphatic rings. The largest absolute Gasteiger partial charge is 0.494 e. The van der Waals surface area contributed by atoms with Crippen LogP contribution in [0.15, 0.2) is 18.2 Å². The Morgan fingerprint density at radius 1 is 1.42 bits per heavy atom. The zero-order chi connectivity index (χ0) is 14.1. The fourth-order valence-electron chi connectivity index (χ4n) is 1.64. The van der Waals surface area contributed by atoms with E-state index >= 15 is 0 Å². The van der Waals surface area contributed by atoms with Crippen LogP contribution in [0.25, 0.3) is 0 Å². The van der Waals surface area contributed by atoms with Gasteiger partial charge in [0.05, 0.1) is 13.7 Å². The lowest BCUT2D eigenvalue weighted by molar-refractivity contribution is -0.143. The standard InChI is InChI=1S/C14H20FNO3/c1-3-19-14(17)5-4-8-16-10-11-6-7-13(18-2)12(15)9-11/h6-7,9,16H,3-5,8,10H2,1-2H3. The van der Waals surface area contributed by atoms with E-state index in [1.165, 1.54) is 13.2 Å². The summed E-state index contributed by atoms with van der Waals surface area (Å²) in [4.78, 5) is 11.1. The maximum Gasteiger partial charge on any atom is 0.305 e. The Bertz CT molecular complexity index is 410. The van der Waals surface area contributed by atoms with Crippen LogP contribution < -0.4 is 10.1 Å². The Kier molecular flexibility index (Phi) is 6.89. The van der Waals surface area contributed by atoms with E-state index in [2.05, 4.69) is 5.32 Å². The number of carbonyl (C=O) groups is 1. The molecule has 0 fully saturated rings. The van der Waals surface area contributed by atoms with Crippen LogP contribution in [0, 0.1) is 5.82 Å². The van der Waals surface area contributed by atoms with Gasteiger partial charge in [-0.15, -0.1) is 0 Å². The molecule has 5 heteroatoms. The van der Waals surface area contributed by atoms with Gasteiger partial charge in [-0.2, -0.15) is 0 Å². The summed E-state index contributed by atoms with van der Waals surface area (Å²) in [6, 6.07) is 4.85. The first-order valence-corrected chi connectivity index (χ1v) is 6.36. The first kappa shape index (κ1) is 15.4. The van der Waals surface area contributed by atoms with E-state index in [1.54, 1.807) is 19.1 Å². The number of nitrogens with one attached hydrogen (secondary N) is 1. The lowest BCUT2D eigenvalue weighted by Crippen LogP contribution is -2.16. The number of methoxy groups -OCH3 is 1. The molecule has 1 rings (SSSR count). The summed E-state index contributed by atoms with van der Waals surface area (Å²) in [5.74, 6) is -0.306. The van der Waals surface area contributed by atoms with Crippen LogP contribution in [0.3, 0.4) is 0 Å². The second-order valence-corrected chi connectivity index (χ2v) is 4.05. The lowest BCUT2D eigenvalue weighted by Gasteiger charge is -2.07. The first-order valence-electron chi connectivity index (χ1n) is 6.36. The van der Waals surface area contributed by atoms with E-state index in [0.29, 0.717) is 32.5 Å². The van der Waals surface area contributed by atoms with Gasteiger partial charge in [0.1, 0.15) is 0 Å². The summed E-state index contributed by atoms with van der Waals surface area (Å²) in [6.45, 7) is 3.45. The van der Waals surface area contributed by atoms with Crippen molar-refractivity contribution < 1.29 is 18.7 Å². The highest BCUT2D eigenvalue weighted by Gasteiger charge is 2.03. The smallest absolute Gasteiger partial charge is 0.305 e. The third-order valence-corrected chi connectivity index (χ3v) is 2.59. The fraction of sp³-hybridized carbons (Fsp3) is 0.500. The highest BCUT2D eigenvalue weighted by Crippen LogP contribution is 2.17. The van der Waals surface area contributed by atoms with Crippen molar-refractivity contribution in [2.45, 2.75) is 26.3 Å². The second-order valence-electron chi connectivity index (χ2n) is 4.05. The van der Waals surface area contributed by atoms with Gasteiger partial charge in [0, 0.05) is 13.0 Å². The van der Waals surface area contributed by atoms with Gasteiger partial charge < -0.3 is 14.8 Å². The Balaban J connectivity index is 2.22. The molecule has 0 saturated carbocycles. The highest BCUT2D eigenvalue weighted by atomic mass is 19.1. The quantitative estimate of drug-likeness (QED) is 0.581. The molecule has 1 aromatic rings. The third kappa shape index (κ3) is 5.70. The van der Waals surface area contributed by atoms with Gasteiger partial charge in [0.15, 0.2) is 11.6 Å². The molecule has 0 bridgehead atoms. The molecule has 19 heavy (non-hydrogen) atoms. The average molecular weight is 269 g/mol. The zero-order valence-electron chi connectivity index (χ0n) is 11.4. The summed E-state index contributed by atoms with van der Waals surface area (Å²) in [7, 11) is 1.44. The summed E-state index contributed by atoms with van der Waals surface area (Å²) in [5, 5.41) is 3.15. The molecule has 0 heterocycles. The molecule has 0 saturated heterocycles. The molecule has 1 aromatic carbocycles. The highest BCUT2D eigenvalue weighted by molar-refractivity contribution is 5.69. The van der Waals surface area contributed by atoms with E-state index in [-0.39, 0.29) is 17.5 Å². The monoisotopic (exact) mass is 269 g/mol. The lowest BCUT2D eigenvalue weighted by atomic mass is 10.2. The van der Waals surface area contributed by atoms with E-state index in [0.717, 1.165) is 5.56 Å². The molecule has 1 N–H and O–H groups in total. The Hall–Kier alpha value is -1.62. The molecule has 0 atom stereocenters. The third-order valence-electron chi connectivity index (χ3n) is 2.59. The molecule has 0 unspecified atom stereocenters. The molecule has 0 radical (unpaired) electrons. The van der Waals surface area contributed by atoms with Gasteiger partial charge in [-0.1, -0.05) is 6.07 Å². The van der Waals surface area contributed by atoms with Crippen LogP contribution in [-0.2, 0) is 16.1 Å². The van der Waals surface area contributed by atoms with Crippen LogP contribution >= 0.6 is 0 Å². The summed E-state index contributed by atoms with van der Waals surface area (Å²) < 4.78 is 23.1. The van der Waals surface area contributed by atoms with Gasteiger partial charge in [-0.25, -0.2) is 4.39 Å². The molecular weight excluding hydrogens is 249 g/mol. The minimum absolute atomic E-state index is 0.181. The molecule has 4 nitrogen and oxygen atoms in total. The minimum atomic E-state index is -0.367. The van der Waals surface area contributed by atoms with E-state index in [9.17, 15) is 9.18 Å². The molecule has 106 valence electrons. The minimum Gasteiger partial charge on any atom is -0.494 e. The van der Waals surface area contributed by atoms with Crippen molar-refractivity contribution in [3.8, 4) is 5.75 Å². The van der Waals surface area contributed by atoms with Gasteiger partial charge in [0.2, 0.25) is 0 Å². The average Bonchev–Trinajstić information content (AvgIpc) is 2.39. The van der Waals surface area contributed by atoms with Gasteiger partial charge in [-0.05, 0) is 37.6 Å². The van der Waals surface area contributed by atoms with Crippen molar-refractivity contribution in [3.63, 3.8) is 0 Å². The fourth-order valence-corrected chi connectivity index (χ4v) is 1.64. The normalized spacial score (nSPS) is 10.3. The summed E-state index contributed by atoms with van der Waals surface area (Å²) in [5.41, 5.74) is 0.842. The van der Waals surface area contributed by atoms with Crippen LogP contribution in [0.5, 0.6) is 5.75 Å². The molecule has 0 aromatic heterocycles. The Labute approximate surface area is 112 Å². The predicted octanol–water partition coefficient (Wildman–Crippen LogP) is 2.27. The predicted molar refractivity (Wildman–Crippen MR) is 70.5 cm³/mol. The maximum absolute atomic E-state index is 13.4. The van der Waals surface area contributed by atoms with Crippen molar-refractivity contribution in [2.24, 2.45) is 0 Å². The number of hydrogen-bond acceptors (Lipinski definition) is 4. The maximum atomic E-state index is 13.4. The van der Waals surface area contributed by atoms with Gasteiger partial charge in [-0.3, -0.25) is 4.79 Å². The van der Waals surface area contributed by atoms with E-state index < -0.39 is 0 Å². The van der Waals surface area contributed by atoms with Crippen molar-refractivity contribution >= 4 is 5.97 Å². The molecular formula is C14H20FNO3. The summed E-state index contributed by atoms with van der Waals surface area (Å²) >= 11 is 0. The number of hydrogen-bond donors (Lipinski definition) is 1. The van der Waals surface area contributed by atoms with Crippen LogP contribution in [0.2, 0.25) is 0 Å². The Morgan fingerprint density at radius 3 is 2.84 bits per heavy atom. The van der Waals surface area contributed by atoms with Gasteiger partial charge >= 0.3 is 5.97 Å². The van der Waals surface area contributed by atoms with Crippen molar-refractivity contribution in [1.29, 1.82) is 0 Å².